The van der Waals surface area contributed by atoms with Crippen LogP contribution in [-0.2, 0) is 4.79 Å². The maximum Gasteiger partial charge on any atom is 0.409 e. The van der Waals surface area contributed by atoms with Crippen LogP contribution in [0.4, 0.5) is 16.2 Å². The maximum atomic E-state index is 13.1. The second kappa shape index (κ2) is 10.7. The predicted molar refractivity (Wildman–Crippen MR) is 139 cm³/mol. The van der Waals surface area contributed by atoms with Crippen LogP contribution in [0, 0.1) is 0 Å². The minimum atomic E-state index is -1.21. The molecule has 2 aromatic heterocycles. The minimum Gasteiger partial charge on any atom is -0.465 e. The van der Waals surface area contributed by atoms with Gasteiger partial charge in [0.05, 0.1) is 35.5 Å². The molecule has 194 valence electrons. The average Bonchev–Trinajstić information content (AvgIpc) is 3.56. The number of aromatic nitrogens is 5. The Balaban J connectivity index is 1.40. The molecule has 0 saturated carbocycles. The zero-order chi connectivity index (χ0) is 26.6. The molecule has 0 saturated heterocycles. The largest absolute Gasteiger partial charge is 0.465 e. The Hall–Kier alpha value is -4.71. The molecule has 1 aliphatic rings. The summed E-state index contributed by atoms with van der Waals surface area (Å²) in [6, 6.07) is 11.4. The van der Waals surface area contributed by atoms with Crippen molar-refractivity contribution in [2.75, 3.05) is 10.6 Å². The zero-order valence-electron chi connectivity index (χ0n) is 19.9. The minimum absolute atomic E-state index is 0.131. The number of benzene rings is 2. The fraction of sp³-hybridized carbons (Fsp3) is 0.200. The van der Waals surface area contributed by atoms with Crippen molar-refractivity contribution in [3.05, 3.63) is 71.4 Å². The Morgan fingerprint density at radius 3 is 2.84 bits per heavy atom. The summed E-state index contributed by atoms with van der Waals surface area (Å²) in [6.07, 6.45) is 3.96. The van der Waals surface area contributed by atoms with Crippen LogP contribution < -0.4 is 16.0 Å². The summed E-state index contributed by atoms with van der Waals surface area (Å²) in [7, 11) is 0. The maximum absolute atomic E-state index is 13.1. The summed E-state index contributed by atoms with van der Waals surface area (Å²) in [6.45, 7) is 0. The number of fused-ring (bicyclic) bond motifs is 4. The van der Waals surface area contributed by atoms with E-state index in [-0.39, 0.29) is 18.0 Å². The Bertz CT molecular complexity index is 1510. The number of amides is 3. The van der Waals surface area contributed by atoms with Gasteiger partial charge < -0.3 is 20.7 Å². The van der Waals surface area contributed by atoms with Gasteiger partial charge in [-0.15, -0.1) is 5.10 Å². The van der Waals surface area contributed by atoms with Gasteiger partial charge in [0.15, 0.2) is 5.69 Å². The zero-order valence-corrected chi connectivity index (χ0v) is 20.7. The molecular formula is C25H23ClN8O4. The molecule has 38 heavy (non-hydrogen) atoms. The second-order valence-electron chi connectivity index (χ2n) is 8.72. The molecule has 0 spiro atoms. The number of aromatic amines is 1. The van der Waals surface area contributed by atoms with Gasteiger partial charge in [0, 0.05) is 22.7 Å². The third kappa shape index (κ3) is 5.65. The van der Waals surface area contributed by atoms with Crippen molar-refractivity contribution in [1.82, 2.24) is 30.3 Å². The lowest BCUT2D eigenvalue weighted by molar-refractivity contribution is -0.116. The van der Waals surface area contributed by atoms with Crippen molar-refractivity contribution < 1.29 is 19.5 Å². The summed E-state index contributed by atoms with van der Waals surface area (Å²) in [5.41, 5.74) is 2.79. The first kappa shape index (κ1) is 25.0. The highest BCUT2D eigenvalue weighted by molar-refractivity contribution is 6.30. The SMILES string of the molecule is O=C(O)Nc1ccc2c(c1)NC(=O)CCCCC(NC(=O)c1cn(-c3cccc(Cl)c3)nn1)c1ncc-2[nH]1. The lowest BCUT2D eigenvalue weighted by Gasteiger charge is -2.17. The van der Waals surface area contributed by atoms with Gasteiger partial charge in [0.1, 0.15) is 5.82 Å². The summed E-state index contributed by atoms with van der Waals surface area (Å²) in [5, 5.41) is 25.7. The Morgan fingerprint density at radius 1 is 1.16 bits per heavy atom. The van der Waals surface area contributed by atoms with Gasteiger partial charge in [-0.1, -0.05) is 29.3 Å². The van der Waals surface area contributed by atoms with E-state index in [0.29, 0.717) is 58.4 Å². The van der Waals surface area contributed by atoms with E-state index in [1.54, 1.807) is 48.7 Å². The van der Waals surface area contributed by atoms with Crippen LogP contribution in [0.5, 0.6) is 0 Å². The van der Waals surface area contributed by atoms with E-state index in [0.717, 1.165) is 0 Å². The van der Waals surface area contributed by atoms with Crippen molar-refractivity contribution in [2.45, 2.75) is 31.7 Å². The van der Waals surface area contributed by atoms with Gasteiger partial charge in [0.25, 0.3) is 5.91 Å². The van der Waals surface area contributed by atoms with Crippen molar-refractivity contribution >= 4 is 40.9 Å². The average molecular weight is 535 g/mol. The highest BCUT2D eigenvalue weighted by Gasteiger charge is 2.23. The lowest BCUT2D eigenvalue weighted by atomic mass is 10.1. The fourth-order valence-electron chi connectivity index (χ4n) is 4.20. The van der Waals surface area contributed by atoms with Crippen molar-refractivity contribution in [1.29, 1.82) is 0 Å². The molecule has 12 nitrogen and oxygen atoms in total. The van der Waals surface area contributed by atoms with Gasteiger partial charge in [0.2, 0.25) is 5.91 Å². The molecule has 0 radical (unpaired) electrons. The molecule has 3 amide bonds. The number of carbonyl (C=O) groups excluding carboxylic acids is 2. The molecule has 0 aliphatic carbocycles. The van der Waals surface area contributed by atoms with E-state index in [9.17, 15) is 14.4 Å². The molecule has 5 N–H and O–H groups in total. The van der Waals surface area contributed by atoms with Crippen molar-refractivity contribution in [3.63, 3.8) is 0 Å². The smallest absolute Gasteiger partial charge is 0.409 e. The highest BCUT2D eigenvalue weighted by Crippen LogP contribution is 2.32. The van der Waals surface area contributed by atoms with Crippen LogP contribution >= 0.6 is 11.6 Å². The quantitative estimate of drug-likeness (QED) is 0.259. The monoisotopic (exact) mass is 534 g/mol. The predicted octanol–water partition coefficient (Wildman–Crippen LogP) is 4.38. The van der Waals surface area contributed by atoms with E-state index in [1.807, 2.05) is 0 Å². The van der Waals surface area contributed by atoms with E-state index in [1.165, 1.54) is 10.9 Å². The van der Waals surface area contributed by atoms with Crippen LogP contribution in [0.1, 0.15) is 48.0 Å². The van der Waals surface area contributed by atoms with E-state index < -0.39 is 18.0 Å². The molecule has 2 aromatic carbocycles. The second-order valence-corrected chi connectivity index (χ2v) is 9.16. The first-order chi connectivity index (χ1) is 18.4. The third-order valence-corrected chi connectivity index (χ3v) is 6.25. The molecular weight excluding hydrogens is 512 g/mol. The molecule has 1 atom stereocenters. The van der Waals surface area contributed by atoms with Crippen molar-refractivity contribution in [2.24, 2.45) is 0 Å². The number of nitrogens with one attached hydrogen (secondary N) is 4. The molecule has 2 bridgehead atoms. The summed E-state index contributed by atoms with van der Waals surface area (Å²) in [4.78, 5) is 44.4. The summed E-state index contributed by atoms with van der Waals surface area (Å²) < 4.78 is 1.47. The van der Waals surface area contributed by atoms with Crippen LogP contribution in [0.15, 0.2) is 54.9 Å². The number of H-pyrrole nitrogens is 1. The number of carboxylic acid groups (broad SMARTS) is 1. The van der Waals surface area contributed by atoms with Gasteiger partial charge in [-0.05, 0) is 49.2 Å². The van der Waals surface area contributed by atoms with E-state index in [4.69, 9.17) is 16.7 Å². The van der Waals surface area contributed by atoms with E-state index in [2.05, 4.69) is 36.2 Å². The summed E-state index contributed by atoms with van der Waals surface area (Å²) in [5.74, 6) is -0.0747. The van der Waals surface area contributed by atoms with Gasteiger partial charge >= 0.3 is 6.09 Å². The standard InChI is InChI=1S/C25H23ClN8O4/c26-14-4-3-5-16(10-14)34-13-21(32-33-34)24(36)31-18-6-1-2-7-22(35)29-19-11-15(28-25(37)38)8-9-17(19)20-12-27-23(18)30-20/h3-5,8-13,18,28H,1-2,6-7H2,(H,27,30)(H,29,35)(H,31,36)(H,37,38). The molecule has 5 rings (SSSR count). The number of anilines is 2. The molecule has 4 aromatic rings. The number of hydrogen-bond acceptors (Lipinski definition) is 6. The van der Waals surface area contributed by atoms with Gasteiger partial charge in [-0.3, -0.25) is 14.9 Å². The van der Waals surface area contributed by atoms with E-state index >= 15 is 0 Å². The first-order valence-corrected chi connectivity index (χ1v) is 12.2. The topological polar surface area (TPSA) is 167 Å². The molecule has 1 unspecified atom stereocenters. The number of hydrogen-bond donors (Lipinski definition) is 5. The first-order valence-electron chi connectivity index (χ1n) is 11.8. The Labute approximate surface area is 221 Å². The summed E-state index contributed by atoms with van der Waals surface area (Å²) >= 11 is 6.06. The van der Waals surface area contributed by atoms with Gasteiger partial charge in [-0.25, -0.2) is 14.5 Å². The number of carbonyl (C=O) groups is 3. The molecule has 13 heteroatoms. The third-order valence-electron chi connectivity index (χ3n) is 6.01. The number of halogens is 1. The molecule has 0 fully saturated rings. The van der Waals surface area contributed by atoms with Crippen LogP contribution in [0.25, 0.3) is 16.9 Å². The van der Waals surface area contributed by atoms with Crippen LogP contribution in [-0.4, -0.2) is 48.0 Å². The lowest BCUT2D eigenvalue weighted by Crippen LogP contribution is -2.29. The number of nitrogens with zero attached hydrogens (tertiary/aromatic N) is 4. The fourth-order valence-corrected chi connectivity index (χ4v) is 4.39. The number of imidazole rings is 1. The van der Waals surface area contributed by atoms with Crippen molar-refractivity contribution in [3.8, 4) is 16.9 Å². The number of rotatable bonds is 4. The molecule has 1 aliphatic heterocycles. The van der Waals surface area contributed by atoms with Crippen LogP contribution in [0.3, 0.4) is 0 Å². The normalized spacial score (nSPS) is 15.4. The highest BCUT2D eigenvalue weighted by atomic mass is 35.5. The van der Waals surface area contributed by atoms with Crippen LogP contribution in [0.2, 0.25) is 5.02 Å². The Morgan fingerprint density at radius 2 is 2.03 bits per heavy atom. The van der Waals surface area contributed by atoms with Gasteiger partial charge in [-0.2, -0.15) is 0 Å². The molecule has 3 heterocycles. The Kier molecular flexibility index (Phi) is 7.05.